The molecule has 5 nitrogen and oxygen atoms in total. The molecule has 2 aliphatic heterocycles. The third kappa shape index (κ3) is 4.04. The van der Waals surface area contributed by atoms with Crippen molar-refractivity contribution in [3.05, 3.63) is 29.7 Å². The van der Waals surface area contributed by atoms with Crippen LogP contribution < -0.4 is 5.32 Å². The molecular formula is C23H32ClN3O2. The van der Waals surface area contributed by atoms with E-state index in [1.54, 1.807) is 0 Å². The van der Waals surface area contributed by atoms with Gasteiger partial charge in [0.25, 0.3) is 5.91 Å². The largest absolute Gasteiger partial charge is 0.440 e. The molecule has 3 heterocycles. The zero-order valence-electron chi connectivity index (χ0n) is 17.2. The molecule has 0 spiro atoms. The summed E-state index contributed by atoms with van der Waals surface area (Å²) in [5, 5.41) is 3.32. The predicted octanol–water partition coefficient (Wildman–Crippen LogP) is 5.04. The number of fused-ring (bicyclic) bond motifs is 3. The van der Waals surface area contributed by atoms with Gasteiger partial charge in [-0.25, -0.2) is 4.98 Å². The van der Waals surface area contributed by atoms with Gasteiger partial charge in [0.1, 0.15) is 5.52 Å². The highest BCUT2D eigenvalue weighted by Gasteiger charge is 2.36. The van der Waals surface area contributed by atoms with Gasteiger partial charge in [-0.15, -0.1) is 12.4 Å². The van der Waals surface area contributed by atoms with Crippen LogP contribution in [0, 0.1) is 0 Å². The Kier molecular flexibility index (Phi) is 6.16. The number of nitrogens with zero attached hydrogens (tertiary/aromatic N) is 2. The van der Waals surface area contributed by atoms with E-state index < -0.39 is 0 Å². The highest BCUT2D eigenvalue weighted by molar-refractivity contribution is 6.04. The van der Waals surface area contributed by atoms with E-state index in [9.17, 15) is 4.79 Å². The summed E-state index contributed by atoms with van der Waals surface area (Å²) < 4.78 is 6.07. The molecule has 3 fully saturated rings. The molecule has 1 N–H and O–H groups in total. The quantitative estimate of drug-likeness (QED) is 0.759. The Morgan fingerprint density at radius 1 is 1.07 bits per heavy atom. The molecule has 6 heteroatoms. The van der Waals surface area contributed by atoms with Crippen LogP contribution in [0.5, 0.6) is 0 Å². The number of oxazole rings is 1. The summed E-state index contributed by atoms with van der Waals surface area (Å²) in [7, 11) is 2.25. The van der Waals surface area contributed by atoms with Gasteiger partial charge >= 0.3 is 0 Å². The van der Waals surface area contributed by atoms with Gasteiger partial charge in [-0.3, -0.25) is 4.79 Å². The minimum absolute atomic E-state index is 0. The summed E-state index contributed by atoms with van der Waals surface area (Å²) in [5.74, 6) is 1.23. The Morgan fingerprint density at radius 2 is 1.79 bits per heavy atom. The number of rotatable bonds is 3. The third-order valence-corrected chi connectivity index (χ3v) is 7.31. The fraction of sp³-hybridized carbons (Fsp3) is 0.652. The molecule has 1 aromatic carbocycles. The van der Waals surface area contributed by atoms with Crippen molar-refractivity contribution < 1.29 is 9.21 Å². The summed E-state index contributed by atoms with van der Waals surface area (Å²) in [4.78, 5) is 20.4. The number of para-hydroxylation sites is 1. The van der Waals surface area contributed by atoms with Crippen LogP contribution in [0.25, 0.3) is 11.1 Å². The van der Waals surface area contributed by atoms with E-state index in [1.807, 2.05) is 18.2 Å². The molecule has 2 atom stereocenters. The lowest BCUT2D eigenvalue weighted by Gasteiger charge is -2.47. The molecule has 2 aromatic rings. The average molecular weight is 418 g/mol. The van der Waals surface area contributed by atoms with Crippen LogP contribution in [0.3, 0.4) is 0 Å². The Morgan fingerprint density at radius 3 is 2.52 bits per heavy atom. The molecule has 158 valence electrons. The van der Waals surface area contributed by atoms with Crippen molar-refractivity contribution in [1.82, 2.24) is 15.2 Å². The lowest BCUT2D eigenvalue weighted by Crippen LogP contribution is -2.55. The van der Waals surface area contributed by atoms with E-state index in [-0.39, 0.29) is 24.4 Å². The molecular weight excluding hydrogens is 386 g/mol. The summed E-state index contributed by atoms with van der Waals surface area (Å²) in [6.45, 7) is 0. The van der Waals surface area contributed by atoms with E-state index in [0.717, 1.165) is 42.7 Å². The van der Waals surface area contributed by atoms with E-state index >= 15 is 0 Å². The number of carbonyl (C=O) groups excluding carboxylic acids is 1. The van der Waals surface area contributed by atoms with Crippen LogP contribution in [-0.2, 0) is 0 Å². The fourth-order valence-electron chi connectivity index (χ4n) is 5.67. The van der Waals surface area contributed by atoms with Gasteiger partial charge in [-0.1, -0.05) is 31.7 Å². The van der Waals surface area contributed by atoms with Gasteiger partial charge in [-0.2, -0.15) is 0 Å². The topological polar surface area (TPSA) is 58.4 Å². The minimum Gasteiger partial charge on any atom is -0.440 e. The zero-order valence-corrected chi connectivity index (χ0v) is 18.0. The SMILES string of the molecule is CN1C2CCCC1CC(NC(=O)c1cccc3oc(C4CCCCC4)nc13)C2.Cl. The van der Waals surface area contributed by atoms with Crippen molar-refractivity contribution in [1.29, 1.82) is 0 Å². The summed E-state index contributed by atoms with van der Waals surface area (Å²) in [6, 6.07) is 7.22. The van der Waals surface area contributed by atoms with Crippen LogP contribution in [0.2, 0.25) is 0 Å². The molecule has 2 saturated heterocycles. The minimum atomic E-state index is 0. The normalized spacial score (nSPS) is 28.1. The third-order valence-electron chi connectivity index (χ3n) is 7.31. The van der Waals surface area contributed by atoms with Crippen LogP contribution in [0.1, 0.15) is 86.4 Å². The molecule has 3 aliphatic rings. The zero-order chi connectivity index (χ0) is 19.1. The van der Waals surface area contributed by atoms with Crippen molar-refractivity contribution >= 4 is 29.4 Å². The lowest BCUT2D eigenvalue weighted by atomic mass is 9.82. The van der Waals surface area contributed by atoms with Gasteiger partial charge in [0.05, 0.1) is 5.56 Å². The molecule has 29 heavy (non-hydrogen) atoms. The molecule has 2 bridgehead atoms. The molecule has 1 amide bonds. The number of carbonyl (C=O) groups is 1. The first kappa shape index (κ1) is 20.7. The number of amides is 1. The van der Waals surface area contributed by atoms with Crippen LogP contribution >= 0.6 is 12.4 Å². The standard InChI is InChI=1S/C23H31N3O2.ClH/c1-26-17-9-5-10-18(26)14-16(13-17)24-22(27)19-11-6-12-20-21(19)25-23(28-20)15-7-3-2-4-8-15;/h6,11-12,15-18H,2-5,7-10,13-14H2,1H3,(H,24,27);1H. The Hall–Kier alpha value is -1.59. The summed E-state index contributed by atoms with van der Waals surface area (Å²) in [6.07, 6.45) is 12.0. The number of benzene rings is 1. The van der Waals surface area contributed by atoms with Crippen molar-refractivity contribution in [3.8, 4) is 0 Å². The smallest absolute Gasteiger partial charge is 0.253 e. The van der Waals surface area contributed by atoms with E-state index in [2.05, 4.69) is 17.3 Å². The first-order valence-corrected chi connectivity index (χ1v) is 11.1. The Balaban J connectivity index is 0.00000205. The van der Waals surface area contributed by atoms with Crippen LogP contribution in [0.4, 0.5) is 0 Å². The number of nitrogens with one attached hydrogen (secondary N) is 1. The second kappa shape index (κ2) is 8.65. The molecule has 2 unspecified atom stereocenters. The Labute approximate surface area is 179 Å². The van der Waals surface area contributed by atoms with E-state index in [1.165, 1.54) is 38.5 Å². The molecule has 1 aliphatic carbocycles. The van der Waals surface area contributed by atoms with Gasteiger partial charge in [0.2, 0.25) is 0 Å². The summed E-state index contributed by atoms with van der Waals surface area (Å²) in [5.41, 5.74) is 2.13. The summed E-state index contributed by atoms with van der Waals surface area (Å²) >= 11 is 0. The molecule has 0 radical (unpaired) electrons. The van der Waals surface area contributed by atoms with Crippen LogP contribution in [0.15, 0.2) is 22.6 Å². The van der Waals surface area contributed by atoms with Crippen molar-refractivity contribution in [3.63, 3.8) is 0 Å². The number of hydrogen-bond donors (Lipinski definition) is 1. The van der Waals surface area contributed by atoms with Crippen LogP contribution in [-0.4, -0.2) is 41.0 Å². The molecule has 1 saturated carbocycles. The van der Waals surface area contributed by atoms with E-state index in [4.69, 9.17) is 9.40 Å². The Bertz CT molecular complexity index is 847. The van der Waals surface area contributed by atoms with Gasteiger partial charge in [-0.05, 0) is 57.7 Å². The maximum atomic E-state index is 13.1. The molecule has 1 aromatic heterocycles. The van der Waals surface area contributed by atoms with Crippen molar-refractivity contribution in [2.24, 2.45) is 0 Å². The monoisotopic (exact) mass is 417 g/mol. The second-order valence-electron chi connectivity index (χ2n) is 9.09. The highest BCUT2D eigenvalue weighted by atomic mass is 35.5. The maximum Gasteiger partial charge on any atom is 0.253 e. The highest BCUT2D eigenvalue weighted by Crippen LogP contribution is 2.35. The number of piperidine rings is 2. The maximum absolute atomic E-state index is 13.1. The van der Waals surface area contributed by atoms with Gasteiger partial charge < -0.3 is 14.6 Å². The van der Waals surface area contributed by atoms with Gasteiger partial charge in [0, 0.05) is 24.0 Å². The lowest BCUT2D eigenvalue weighted by molar-refractivity contribution is 0.0463. The van der Waals surface area contributed by atoms with Gasteiger partial charge in [0.15, 0.2) is 11.5 Å². The van der Waals surface area contributed by atoms with Crippen molar-refractivity contribution in [2.75, 3.05) is 7.05 Å². The number of aromatic nitrogens is 1. The van der Waals surface area contributed by atoms with E-state index in [0.29, 0.717) is 23.6 Å². The molecule has 5 rings (SSSR count). The fourth-order valence-corrected chi connectivity index (χ4v) is 5.67. The predicted molar refractivity (Wildman–Crippen MR) is 117 cm³/mol. The second-order valence-corrected chi connectivity index (χ2v) is 9.09. The first-order valence-electron chi connectivity index (χ1n) is 11.1. The number of hydrogen-bond acceptors (Lipinski definition) is 4. The number of halogens is 1. The first-order chi connectivity index (χ1) is 13.7. The average Bonchev–Trinajstić information content (AvgIpc) is 3.14. The van der Waals surface area contributed by atoms with Crippen molar-refractivity contribution in [2.45, 2.75) is 88.3 Å².